The number of nitrogens with one attached hydrogen (secondary N) is 1. The predicted molar refractivity (Wildman–Crippen MR) is 85.0 cm³/mol. The zero-order chi connectivity index (χ0) is 14.4. The number of nitrogens with zero attached hydrogens (tertiary/aromatic N) is 1. The van der Waals surface area contributed by atoms with Crippen LogP contribution in [0.1, 0.15) is 11.8 Å². The van der Waals surface area contributed by atoms with E-state index in [9.17, 15) is 4.39 Å². The highest BCUT2D eigenvalue weighted by molar-refractivity contribution is 7.09. The quantitative estimate of drug-likeness (QED) is 0.833. The van der Waals surface area contributed by atoms with E-state index in [4.69, 9.17) is 0 Å². The van der Waals surface area contributed by atoms with Gasteiger partial charge in [0.25, 0.3) is 0 Å². The Hall–Kier alpha value is -1.39. The van der Waals surface area contributed by atoms with Gasteiger partial charge < -0.3 is 10.2 Å². The molecular formula is C16H21FN2S. The normalized spacial score (nSPS) is 12.6. The number of halogens is 1. The summed E-state index contributed by atoms with van der Waals surface area (Å²) in [6, 6.07) is 11.5. The van der Waals surface area contributed by atoms with Gasteiger partial charge in [0.1, 0.15) is 5.82 Å². The Labute approximate surface area is 124 Å². The van der Waals surface area contributed by atoms with Crippen molar-refractivity contribution in [2.75, 3.05) is 25.5 Å². The second kappa shape index (κ2) is 7.41. The van der Waals surface area contributed by atoms with Crippen LogP contribution in [0.5, 0.6) is 0 Å². The zero-order valence-corrected chi connectivity index (χ0v) is 12.8. The minimum absolute atomic E-state index is 0.193. The molecule has 2 aromatic rings. The molecule has 2 rings (SSSR count). The molecule has 1 heterocycles. The fourth-order valence-electron chi connectivity index (χ4n) is 2.07. The van der Waals surface area contributed by atoms with Gasteiger partial charge in [-0.2, -0.15) is 0 Å². The van der Waals surface area contributed by atoms with Gasteiger partial charge in [-0.05, 0) is 44.0 Å². The van der Waals surface area contributed by atoms with Gasteiger partial charge >= 0.3 is 0 Å². The lowest BCUT2D eigenvalue weighted by molar-refractivity contribution is 0.267. The molecule has 1 unspecified atom stereocenters. The van der Waals surface area contributed by atoms with E-state index in [0.717, 1.165) is 19.5 Å². The molecule has 1 aromatic carbocycles. The summed E-state index contributed by atoms with van der Waals surface area (Å²) in [7, 11) is 2.11. The smallest absolute Gasteiger partial charge is 0.146 e. The van der Waals surface area contributed by atoms with E-state index in [1.165, 1.54) is 10.9 Å². The van der Waals surface area contributed by atoms with Crippen molar-refractivity contribution in [2.45, 2.75) is 19.4 Å². The highest BCUT2D eigenvalue weighted by Gasteiger charge is 2.10. The molecule has 0 bridgehead atoms. The number of hydrogen-bond acceptors (Lipinski definition) is 3. The first-order valence-electron chi connectivity index (χ1n) is 6.88. The van der Waals surface area contributed by atoms with Crippen LogP contribution in [0.3, 0.4) is 0 Å². The SMILES string of the molecule is CC(Cc1cccs1)N(C)CCNc1ccccc1F. The van der Waals surface area contributed by atoms with Gasteiger partial charge in [-0.25, -0.2) is 4.39 Å². The van der Waals surface area contributed by atoms with Crippen LogP contribution in [0.25, 0.3) is 0 Å². The molecule has 108 valence electrons. The Morgan fingerprint density at radius 3 is 2.75 bits per heavy atom. The molecular weight excluding hydrogens is 271 g/mol. The van der Waals surface area contributed by atoms with E-state index in [-0.39, 0.29) is 5.82 Å². The van der Waals surface area contributed by atoms with Gasteiger partial charge in [-0.3, -0.25) is 0 Å². The Balaban J connectivity index is 1.74. The summed E-state index contributed by atoms with van der Waals surface area (Å²) in [5.41, 5.74) is 0.576. The average Bonchev–Trinajstić information content (AvgIpc) is 2.93. The van der Waals surface area contributed by atoms with Crippen LogP contribution in [0, 0.1) is 5.82 Å². The molecule has 0 spiro atoms. The predicted octanol–water partition coefficient (Wildman–Crippen LogP) is 3.86. The van der Waals surface area contributed by atoms with Crippen molar-refractivity contribution in [1.82, 2.24) is 4.90 Å². The highest BCUT2D eigenvalue weighted by Crippen LogP contribution is 2.14. The van der Waals surface area contributed by atoms with E-state index in [0.29, 0.717) is 11.7 Å². The number of thiophene rings is 1. The van der Waals surface area contributed by atoms with Crippen LogP contribution in [-0.4, -0.2) is 31.1 Å². The lowest BCUT2D eigenvalue weighted by atomic mass is 10.2. The van der Waals surface area contributed by atoms with E-state index in [1.807, 2.05) is 6.07 Å². The molecule has 0 aliphatic heterocycles. The lowest BCUT2D eigenvalue weighted by Gasteiger charge is -2.24. The standard InChI is InChI=1S/C16H21FN2S/c1-13(12-14-6-5-11-20-14)19(2)10-9-18-16-8-4-3-7-15(16)17/h3-8,11,13,18H,9-10,12H2,1-2H3. The first-order valence-corrected chi connectivity index (χ1v) is 7.76. The summed E-state index contributed by atoms with van der Waals surface area (Å²) in [6.45, 7) is 3.86. The van der Waals surface area contributed by atoms with E-state index >= 15 is 0 Å². The third-order valence-electron chi connectivity index (χ3n) is 3.48. The van der Waals surface area contributed by atoms with Crippen LogP contribution in [-0.2, 0) is 6.42 Å². The van der Waals surface area contributed by atoms with Gasteiger partial charge in [-0.15, -0.1) is 11.3 Å². The molecule has 1 atom stereocenters. The molecule has 0 radical (unpaired) electrons. The van der Waals surface area contributed by atoms with Crippen molar-refractivity contribution in [3.63, 3.8) is 0 Å². The molecule has 0 aliphatic rings. The molecule has 0 aliphatic carbocycles. The molecule has 1 N–H and O–H groups in total. The van der Waals surface area contributed by atoms with E-state index < -0.39 is 0 Å². The number of rotatable bonds is 7. The number of anilines is 1. The van der Waals surface area contributed by atoms with E-state index in [1.54, 1.807) is 23.5 Å². The topological polar surface area (TPSA) is 15.3 Å². The summed E-state index contributed by atoms with van der Waals surface area (Å²) in [5.74, 6) is -0.193. The maximum atomic E-state index is 13.4. The van der Waals surface area contributed by atoms with Gasteiger partial charge in [0.05, 0.1) is 5.69 Å². The van der Waals surface area contributed by atoms with Crippen molar-refractivity contribution in [3.05, 3.63) is 52.5 Å². The monoisotopic (exact) mass is 292 g/mol. The molecule has 1 aromatic heterocycles. The van der Waals surface area contributed by atoms with Gasteiger partial charge in [0, 0.05) is 24.0 Å². The molecule has 20 heavy (non-hydrogen) atoms. The minimum atomic E-state index is -0.193. The third kappa shape index (κ3) is 4.32. The third-order valence-corrected chi connectivity index (χ3v) is 4.38. The van der Waals surface area contributed by atoms with Gasteiger partial charge in [-0.1, -0.05) is 18.2 Å². The summed E-state index contributed by atoms with van der Waals surface area (Å²) >= 11 is 1.80. The second-order valence-electron chi connectivity index (χ2n) is 5.02. The number of likely N-dealkylation sites (N-methyl/N-ethyl adjacent to an activating group) is 1. The van der Waals surface area contributed by atoms with E-state index in [2.05, 4.69) is 41.7 Å². The first-order chi connectivity index (χ1) is 9.66. The number of para-hydroxylation sites is 1. The van der Waals surface area contributed by atoms with Gasteiger partial charge in [0.2, 0.25) is 0 Å². The van der Waals surface area contributed by atoms with Crippen molar-refractivity contribution >= 4 is 17.0 Å². The van der Waals surface area contributed by atoms with Crippen molar-refractivity contribution in [1.29, 1.82) is 0 Å². The van der Waals surface area contributed by atoms with Crippen molar-refractivity contribution in [3.8, 4) is 0 Å². The summed E-state index contributed by atoms with van der Waals surface area (Å²) in [4.78, 5) is 3.71. The molecule has 0 saturated carbocycles. The zero-order valence-electron chi connectivity index (χ0n) is 12.0. The lowest BCUT2D eigenvalue weighted by Crippen LogP contribution is -2.34. The summed E-state index contributed by atoms with van der Waals surface area (Å²) < 4.78 is 13.4. The Morgan fingerprint density at radius 2 is 2.05 bits per heavy atom. The Kier molecular flexibility index (Phi) is 5.56. The van der Waals surface area contributed by atoms with Crippen molar-refractivity contribution in [2.24, 2.45) is 0 Å². The Bertz CT molecular complexity index is 513. The summed E-state index contributed by atoms with van der Waals surface area (Å²) in [5, 5.41) is 5.26. The van der Waals surface area contributed by atoms with Crippen LogP contribution < -0.4 is 5.32 Å². The average molecular weight is 292 g/mol. The molecule has 2 nitrogen and oxygen atoms in total. The number of benzene rings is 1. The minimum Gasteiger partial charge on any atom is -0.381 e. The largest absolute Gasteiger partial charge is 0.381 e. The molecule has 0 fully saturated rings. The maximum Gasteiger partial charge on any atom is 0.146 e. The van der Waals surface area contributed by atoms with Crippen LogP contribution in [0.2, 0.25) is 0 Å². The maximum absolute atomic E-state index is 13.4. The first kappa shape index (κ1) is 15.0. The molecule has 0 saturated heterocycles. The van der Waals surface area contributed by atoms with Crippen LogP contribution in [0.4, 0.5) is 10.1 Å². The molecule has 4 heteroatoms. The molecule has 0 amide bonds. The van der Waals surface area contributed by atoms with Crippen LogP contribution >= 0.6 is 11.3 Å². The fraction of sp³-hybridized carbons (Fsp3) is 0.375. The highest BCUT2D eigenvalue weighted by atomic mass is 32.1. The van der Waals surface area contributed by atoms with Gasteiger partial charge in [0.15, 0.2) is 0 Å². The second-order valence-corrected chi connectivity index (χ2v) is 6.05. The van der Waals surface area contributed by atoms with Crippen LogP contribution in [0.15, 0.2) is 41.8 Å². The summed E-state index contributed by atoms with van der Waals surface area (Å²) in [6.07, 6.45) is 1.06. The Morgan fingerprint density at radius 1 is 1.25 bits per heavy atom. The fourth-order valence-corrected chi connectivity index (χ4v) is 2.89. The number of hydrogen-bond donors (Lipinski definition) is 1. The van der Waals surface area contributed by atoms with Crippen molar-refractivity contribution < 1.29 is 4.39 Å².